The summed E-state index contributed by atoms with van der Waals surface area (Å²) in [5, 5.41) is 0. The van der Waals surface area contributed by atoms with Gasteiger partial charge in [-0.05, 0) is 147 Å². The predicted octanol–water partition coefficient (Wildman–Crippen LogP) is 15.4. The van der Waals surface area contributed by atoms with Crippen molar-refractivity contribution in [3.8, 4) is 55.6 Å². The standard InChI is InChI=1S/C58H43N/c1-38-33-39(2)35-45(34-38)44-22-21-40(3)53(36-44)43-25-29-47(30-26-43)59(46-27-23-42(24-28-46)41-13-5-4-6-14-41)48-31-32-52-51-17-9-12-20-56(51)58(57(52)37-48)54-18-10-7-15-49(54)50-16-8-11-19-55(50)58/h4-37H,1-3H3. The minimum Gasteiger partial charge on any atom is -0.310 e. The summed E-state index contributed by atoms with van der Waals surface area (Å²) in [6.07, 6.45) is 0. The molecule has 0 amide bonds. The van der Waals surface area contributed by atoms with Crippen LogP contribution >= 0.6 is 0 Å². The van der Waals surface area contributed by atoms with Gasteiger partial charge < -0.3 is 4.90 Å². The average Bonchev–Trinajstić information content (AvgIpc) is 3.74. The molecule has 11 rings (SSSR count). The van der Waals surface area contributed by atoms with Crippen LogP contribution in [-0.4, -0.2) is 0 Å². The zero-order valence-electron chi connectivity index (χ0n) is 33.6. The van der Waals surface area contributed by atoms with Crippen LogP contribution < -0.4 is 4.90 Å². The molecular formula is C58H43N. The van der Waals surface area contributed by atoms with Gasteiger partial charge in [0.25, 0.3) is 0 Å². The molecule has 0 fully saturated rings. The van der Waals surface area contributed by atoms with Crippen LogP contribution in [-0.2, 0) is 5.41 Å². The maximum Gasteiger partial charge on any atom is 0.0726 e. The first kappa shape index (κ1) is 35.0. The predicted molar refractivity (Wildman–Crippen MR) is 248 cm³/mol. The maximum absolute atomic E-state index is 2.48. The van der Waals surface area contributed by atoms with Crippen LogP contribution in [0.4, 0.5) is 17.1 Å². The average molecular weight is 754 g/mol. The monoisotopic (exact) mass is 753 g/mol. The molecule has 2 aliphatic rings. The lowest BCUT2D eigenvalue weighted by molar-refractivity contribution is 0.793. The van der Waals surface area contributed by atoms with E-state index in [2.05, 4.69) is 232 Å². The van der Waals surface area contributed by atoms with Gasteiger partial charge in [0, 0.05) is 17.1 Å². The van der Waals surface area contributed by atoms with E-state index in [1.54, 1.807) is 0 Å². The van der Waals surface area contributed by atoms with E-state index in [9.17, 15) is 0 Å². The van der Waals surface area contributed by atoms with Gasteiger partial charge >= 0.3 is 0 Å². The molecule has 0 N–H and O–H groups in total. The molecule has 2 aliphatic carbocycles. The van der Waals surface area contributed by atoms with Gasteiger partial charge in [0.1, 0.15) is 0 Å². The fourth-order valence-electron chi connectivity index (χ4n) is 10.1. The molecule has 0 unspecified atom stereocenters. The molecule has 0 aliphatic heterocycles. The van der Waals surface area contributed by atoms with Gasteiger partial charge in [-0.25, -0.2) is 0 Å². The van der Waals surface area contributed by atoms with Crippen molar-refractivity contribution in [3.63, 3.8) is 0 Å². The van der Waals surface area contributed by atoms with E-state index < -0.39 is 5.41 Å². The van der Waals surface area contributed by atoms with Crippen LogP contribution in [0.1, 0.15) is 38.9 Å². The van der Waals surface area contributed by atoms with Gasteiger partial charge in [0.05, 0.1) is 5.41 Å². The minimum absolute atomic E-state index is 0.416. The molecule has 0 radical (unpaired) electrons. The highest BCUT2D eigenvalue weighted by atomic mass is 15.1. The molecule has 0 atom stereocenters. The smallest absolute Gasteiger partial charge is 0.0726 e. The molecule has 0 saturated heterocycles. The van der Waals surface area contributed by atoms with E-state index in [0.29, 0.717) is 0 Å². The van der Waals surface area contributed by atoms with Crippen molar-refractivity contribution in [1.29, 1.82) is 0 Å². The van der Waals surface area contributed by atoms with Crippen molar-refractivity contribution in [1.82, 2.24) is 0 Å². The molecule has 1 heteroatoms. The summed E-state index contributed by atoms with van der Waals surface area (Å²) in [4.78, 5) is 2.43. The van der Waals surface area contributed by atoms with Crippen LogP contribution in [0.2, 0.25) is 0 Å². The number of aryl methyl sites for hydroxylation is 3. The van der Waals surface area contributed by atoms with Gasteiger partial charge in [-0.1, -0.05) is 175 Å². The van der Waals surface area contributed by atoms with Gasteiger partial charge in [-0.3, -0.25) is 0 Å². The fraction of sp³-hybridized carbons (Fsp3) is 0.0690. The van der Waals surface area contributed by atoms with E-state index in [0.717, 1.165) is 17.1 Å². The Morgan fingerprint density at radius 1 is 0.288 bits per heavy atom. The zero-order chi connectivity index (χ0) is 39.7. The van der Waals surface area contributed by atoms with E-state index in [4.69, 9.17) is 0 Å². The van der Waals surface area contributed by atoms with E-state index in [1.807, 2.05) is 0 Å². The Balaban J connectivity index is 1.08. The number of hydrogen-bond acceptors (Lipinski definition) is 1. The quantitative estimate of drug-likeness (QED) is 0.163. The Morgan fingerprint density at radius 2 is 0.746 bits per heavy atom. The van der Waals surface area contributed by atoms with Gasteiger partial charge in [-0.15, -0.1) is 0 Å². The third kappa shape index (κ3) is 5.53. The normalized spacial score (nSPS) is 12.8. The lowest BCUT2D eigenvalue weighted by atomic mass is 9.70. The third-order valence-corrected chi connectivity index (χ3v) is 12.7. The summed E-state index contributed by atoms with van der Waals surface area (Å²) in [7, 11) is 0. The lowest BCUT2D eigenvalue weighted by Crippen LogP contribution is -2.26. The fourth-order valence-corrected chi connectivity index (χ4v) is 10.1. The second-order valence-electron chi connectivity index (χ2n) is 16.3. The molecule has 0 saturated carbocycles. The van der Waals surface area contributed by atoms with Crippen molar-refractivity contribution in [2.24, 2.45) is 0 Å². The molecule has 0 aromatic heterocycles. The van der Waals surface area contributed by atoms with Crippen LogP contribution in [0.5, 0.6) is 0 Å². The highest BCUT2D eigenvalue weighted by Gasteiger charge is 2.51. The Labute approximate surface area is 347 Å². The van der Waals surface area contributed by atoms with Crippen molar-refractivity contribution < 1.29 is 0 Å². The Morgan fingerprint density at radius 3 is 1.32 bits per heavy atom. The second kappa shape index (κ2) is 13.7. The molecule has 9 aromatic carbocycles. The summed E-state index contributed by atoms with van der Waals surface area (Å²) in [5.41, 5.74) is 24.8. The van der Waals surface area contributed by atoms with Crippen molar-refractivity contribution in [2.45, 2.75) is 26.2 Å². The topological polar surface area (TPSA) is 3.24 Å². The highest BCUT2D eigenvalue weighted by Crippen LogP contribution is 2.63. The first-order chi connectivity index (χ1) is 29.0. The molecule has 59 heavy (non-hydrogen) atoms. The summed E-state index contributed by atoms with van der Waals surface area (Å²) in [5.74, 6) is 0. The highest BCUT2D eigenvalue weighted by molar-refractivity contribution is 5.96. The molecule has 0 bridgehead atoms. The number of anilines is 3. The van der Waals surface area contributed by atoms with E-state index in [1.165, 1.54) is 94.6 Å². The molecule has 0 heterocycles. The first-order valence-corrected chi connectivity index (χ1v) is 20.7. The zero-order valence-corrected chi connectivity index (χ0v) is 33.6. The number of benzene rings is 9. The molecule has 280 valence electrons. The Kier molecular flexibility index (Phi) is 8.13. The van der Waals surface area contributed by atoms with Crippen LogP contribution in [0, 0.1) is 20.8 Å². The summed E-state index contributed by atoms with van der Waals surface area (Å²) in [6, 6.07) is 76.8. The first-order valence-electron chi connectivity index (χ1n) is 20.7. The Bertz CT molecular complexity index is 2980. The maximum atomic E-state index is 2.48. The lowest BCUT2D eigenvalue weighted by Gasteiger charge is -2.32. The van der Waals surface area contributed by atoms with Gasteiger partial charge in [0.15, 0.2) is 0 Å². The largest absolute Gasteiger partial charge is 0.310 e. The van der Waals surface area contributed by atoms with Crippen LogP contribution in [0.25, 0.3) is 55.6 Å². The van der Waals surface area contributed by atoms with Crippen molar-refractivity contribution in [3.05, 3.63) is 245 Å². The van der Waals surface area contributed by atoms with E-state index in [-0.39, 0.29) is 0 Å². The number of fused-ring (bicyclic) bond motifs is 10. The second-order valence-corrected chi connectivity index (χ2v) is 16.3. The summed E-state index contributed by atoms with van der Waals surface area (Å²) < 4.78 is 0. The summed E-state index contributed by atoms with van der Waals surface area (Å²) in [6.45, 7) is 6.57. The number of rotatable bonds is 6. The molecule has 1 spiro atoms. The Hall–Kier alpha value is -7.22. The number of hydrogen-bond donors (Lipinski definition) is 0. The molecule has 9 aromatic rings. The number of nitrogens with zero attached hydrogens (tertiary/aromatic N) is 1. The van der Waals surface area contributed by atoms with Gasteiger partial charge in [-0.2, -0.15) is 0 Å². The third-order valence-electron chi connectivity index (χ3n) is 12.7. The van der Waals surface area contributed by atoms with Crippen molar-refractivity contribution in [2.75, 3.05) is 4.90 Å². The van der Waals surface area contributed by atoms with Crippen molar-refractivity contribution >= 4 is 17.1 Å². The molecule has 1 nitrogen and oxygen atoms in total. The summed E-state index contributed by atoms with van der Waals surface area (Å²) >= 11 is 0. The van der Waals surface area contributed by atoms with E-state index >= 15 is 0 Å². The van der Waals surface area contributed by atoms with Crippen LogP contribution in [0.3, 0.4) is 0 Å². The molecular weight excluding hydrogens is 711 g/mol. The van der Waals surface area contributed by atoms with Gasteiger partial charge in [0.2, 0.25) is 0 Å². The minimum atomic E-state index is -0.416. The SMILES string of the molecule is Cc1cc(C)cc(-c2ccc(C)c(-c3ccc(N(c4ccc(-c5ccccc5)cc4)c4ccc5c(c4)C4(c6ccccc6-c6ccccc64)c4ccccc4-5)cc3)c2)c1. The van der Waals surface area contributed by atoms with Crippen LogP contribution in [0.15, 0.2) is 206 Å².